The molecule has 0 fully saturated rings. The summed E-state index contributed by atoms with van der Waals surface area (Å²) >= 11 is 1.31. The van der Waals surface area contributed by atoms with Crippen LogP contribution in [-0.2, 0) is 16.6 Å². The van der Waals surface area contributed by atoms with Crippen molar-refractivity contribution >= 4 is 21.4 Å². The summed E-state index contributed by atoms with van der Waals surface area (Å²) in [5.74, 6) is 0. The van der Waals surface area contributed by atoms with E-state index in [-0.39, 0.29) is 0 Å². The fraction of sp³-hybridized carbons (Fsp3) is 0.636. The Kier molecular flexibility index (Phi) is 6.24. The third-order valence-corrected chi connectivity index (χ3v) is 5.37. The van der Waals surface area contributed by atoms with Gasteiger partial charge in [-0.1, -0.05) is 0 Å². The molecule has 0 aliphatic rings. The van der Waals surface area contributed by atoms with Crippen LogP contribution in [0.25, 0.3) is 0 Å². The second kappa shape index (κ2) is 7.20. The van der Waals surface area contributed by atoms with E-state index in [4.69, 9.17) is 0 Å². The average molecular weight is 291 g/mol. The van der Waals surface area contributed by atoms with Crippen molar-refractivity contribution in [3.63, 3.8) is 0 Å². The fourth-order valence-corrected chi connectivity index (χ4v) is 3.93. The van der Waals surface area contributed by atoms with Crippen LogP contribution in [0, 0.1) is 0 Å². The number of nitrogens with zero attached hydrogens (tertiary/aromatic N) is 1. The molecule has 1 aromatic heterocycles. The summed E-state index contributed by atoms with van der Waals surface area (Å²) in [6.45, 7) is 2.04. The molecule has 0 saturated heterocycles. The molecule has 0 radical (unpaired) electrons. The second-order valence-electron chi connectivity index (χ2n) is 4.31. The molecule has 104 valence electrons. The van der Waals surface area contributed by atoms with Crippen LogP contribution in [0.5, 0.6) is 0 Å². The van der Waals surface area contributed by atoms with Crippen LogP contribution in [0.1, 0.15) is 11.3 Å². The van der Waals surface area contributed by atoms with Gasteiger partial charge in [-0.3, -0.25) is 0 Å². The van der Waals surface area contributed by atoms with Crippen LogP contribution in [0.15, 0.2) is 16.3 Å². The molecule has 0 unspecified atom stereocenters. The zero-order chi connectivity index (χ0) is 13.6. The Morgan fingerprint density at radius 3 is 2.67 bits per heavy atom. The number of thiophene rings is 1. The Balaban J connectivity index is 2.51. The number of hydrogen-bond donors (Lipinski definition) is 2. The summed E-state index contributed by atoms with van der Waals surface area (Å²) in [6, 6.07) is 3.50. The number of hydrogen-bond acceptors (Lipinski definition) is 5. The lowest BCUT2D eigenvalue weighted by Gasteiger charge is -2.09. The van der Waals surface area contributed by atoms with Gasteiger partial charge >= 0.3 is 0 Å². The van der Waals surface area contributed by atoms with Gasteiger partial charge in [0.1, 0.15) is 4.21 Å². The normalized spacial score (nSPS) is 12.2. The van der Waals surface area contributed by atoms with Crippen molar-refractivity contribution in [1.29, 1.82) is 0 Å². The van der Waals surface area contributed by atoms with Crippen molar-refractivity contribution < 1.29 is 8.42 Å². The first-order chi connectivity index (χ1) is 8.45. The van der Waals surface area contributed by atoms with Crippen molar-refractivity contribution in [2.75, 3.05) is 34.2 Å². The van der Waals surface area contributed by atoms with Crippen molar-refractivity contribution in [2.24, 2.45) is 0 Å². The summed E-state index contributed by atoms with van der Waals surface area (Å²) in [6.07, 6.45) is 0.807. The van der Waals surface area contributed by atoms with E-state index in [2.05, 4.69) is 10.0 Å². The van der Waals surface area contributed by atoms with Gasteiger partial charge in [0.05, 0.1) is 0 Å². The van der Waals surface area contributed by atoms with Gasteiger partial charge in [-0.15, -0.1) is 11.3 Å². The number of rotatable bonds is 8. The van der Waals surface area contributed by atoms with Crippen molar-refractivity contribution in [2.45, 2.75) is 17.2 Å². The molecule has 0 aliphatic carbocycles. The van der Waals surface area contributed by atoms with Crippen molar-refractivity contribution in [3.05, 3.63) is 17.0 Å². The average Bonchev–Trinajstić information content (AvgIpc) is 2.74. The van der Waals surface area contributed by atoms with Crippen molar-refractivity contribution in [1.82, 2.24) is 14.9 Å². The van der Waals surface area contributed by atoms with Crippen LogP contribution < -0.4 is 10.0 Å². The lowest BCUT2D eigenvalue weighted by atomic mass is 10.4. The lowest BCUT2D eigenvalue weighted by Crippen LogP contribution is -2.26. The van der Waals surface area contributed by atoms with E-state index in [1.54, 1.807) is 6.07 Å². The standard InChI is InChI=1S/C11H21N3O2S2/c1-12-9-10-5-6-11(17-10)18(15,16)13-7-4-8-14(2)3/h5-6,12-13H,4,7-9H2,1-3H3. The summed E-state index contributed by atoms with van der Waals surface area (Å²) in [4.78, 5) is 3.05. The lowest BCUT2D eigenvalue weighted by molar-refractivity contribution is 0.400. The van der Waals surface area contributed by atoms with E-state index >= 15 is 0 Å². The van der Waals surface area contributed by atoms with Gasteiger partial charge in [0.25, 0.3) is 0 Å². The molecule has 0 bridgehead atoms. The molecule has 5 nitrogen and oxygen atoms in total. The monoisotopic (exact) mass is 291 g/mol. The van der Waals surface area contributed by atoms with E-state index in [0.29, 0.717) is 17.3 Å². The van der Waals surface area contributed by atoms with Gasteiger partial charge in [-0.05, 0) is 46.2 Å². The van der Waals surface area contributed by atoms with Gasteiger partial charge in [-0.25, -0.2) is 13.1 Å². The first-order valence-corrected chi connectivity index (χ1v) is 8.13. The maximum absolute atomic E-state index is 12.0. The van der Waals surface area contributed by atoms with E-state index in [1.807, 2.05) is 32.1 Å². The summed E-state index contributed by atoms with van der Waals surface area (Å²) < 4.78 is 26.9. The third-order valence-electron chi connectivity index (χ3n) is 2.33. The highest BCUT2D eigenvalue weighted by Crippen LogP contribution is 2.21. The quantitative estimate of drug-likeness (QED) is 0.692. The van der Waals surface area contributed by atoms with Crippen LogP contribution >= 0.6 is 11.3 Å². The van der Waals surface area contributed by atoms with Crippen molar-refractivity contribution in [3.8, 4) is 0 Å². The van der Waals surface area contributed by atoms with Crippen LogP contribution in [0.4, 0.5) is 0 Å². The zero-order valence-electron chi connectivity index (χ0n) is 11.1. The maximum Gasteiger partial charge on any atom is 0.250 e. The molecule has 0 saturated carbocycles. The minimum Gasteiger partial charge on any atom is -0.315 e. The van der Waals surface area contributed by atoms with Gasteiger partial charge in [0.2, 0.25) is 10.0 Å². The summed E-state index contributed by atoms with van der Waals surface area (Å²) in [5, 5.41) is 3.00. The molecule has 18 heavy (non-hydrogen) atoms. The molecule has 2 N–H and O–H groups in total. The largest absolute Gasteiger partial charge is 0.315 e. The van der Waals surface area contributed by atoms with Crippen LogP contribution in [-0.4, -0.2) is 47.6 Å². The van der Waals surface area contributed by atoms with Gasteiger partial charge < -0.3 is 10.2 Å². The highest BCUT2D eigenvalue weighted by atomic mass is 32.2. The molecule has 1 heterocycles. The predicted octanol–water partition coefficient (Wildman–Crippen LogP) is 0.697. The van der Waals surface area contributed by atoms with Gasteiger partial charge in [0, 0.05) is 18.0 Å². The Bertz CT molecular complexity index is 455. The zero-order valence-corrected chi connectivity index (χ0v) is 12.7. The van der Waals surface area contributed by atoms with E-state index < -0.39 is 10.0 Å². The second-order valence-corrected chi connectivity index (χ2v) is 7.47. The first kappa shape index (κ1) is 15.6. The molecule has 1 aromatic rings. The topological polar surface area (TPSA) is 61.4 Å². The highest BCUT2D eigenvalue weighted by Gasteiger charge is 2.15. The van der Waals surface area contributed by atoms with Crippen LogP contribution in [0.2, 0.25) is 0 Å². The van der Waals surface area contributed by atoms with Crippen LogP contribution in [0.3, 0.4) is 0 Å². The Labute approximate surface area is 113 Å². The van der Waals surface area contributed by atoms with E-state index in [0.717, 1.165) is 17.8 Å². The molecule has 0 amide bonds. The van der Waals surface area contributed by atoms with Gasteiger partial charge in [-0.2, -0.15) is 0 Å². The van der Waals surface area contributed by atoms with E-state index in [1.165, 1.54) is 11.3 Å². The Morgan fingerprint density at radius 2 is 2.06 bits per heavy atom. The predicted molar refractivity (Wildman–Crippen MR) is 75.4 cm³/mol. The molecule has 0 aromatic carbocycles. The molecule has 0 atom stereocenters. The minimum absolute atomic E-state index is 0.387. The minimum atomic E-state index is -3.33. The highest BCUT2D eigenvalue weighted by molar-refractivity contribution is 7.91. The van der Waals surface area contributed by atoms with Gasteiger partial charge in [0.15, 0.2) is 0 Å². The SMILES string of the molecule is CNCc1ccc(S(=O)(=O)NCCCN(C)C)s1. The smallest absolute Gasteiger partial charge is 0.250 e. The third kappa shape index (κ3) is 5.03. The molecule has 7 heteroatoms. The fourth-order valence-electron chi connectivity index (χ4n) is 1.44. The molecule has 0 aliphatic heterocycles. The Hall–Kier alpha value is -0.470. The molecular formula is C11H21N3O2S2. The summed E-state index contributed by atoms with van der Waals surface area (Å²) in [5.41, 5.74) is 0. The molecule has 1 rings (SSSR count). The van der Waals surface area contributed by atoms with E-state index in [9.17, 15) is 8.42 Å². The Morgan fingerprint density at radius 1 is 1.33 bits per heavy atom. The molecule has 0 spiro atoms. The molecular weight excluding hydrogens is 270 g/mol. The number of sulfonamides is 1. The summed E-state index contributed by atoms with van der Waals surface area (Å²) in [7, 11) is 2.45. The maximum atomic E-state index is 12.0. The number of nitrogens with one attached hydrogen (secondary N) is 2. The first-order valence-electron chi connectivity index (χ1n) is 5.83.